The fourth-order valence-corrected chi connectivity index (χ4v) is 5.33. The van der Waals surface area contributed by atoms with Crippen molar-refractivity contribution < 1.29 is 4.42 Å². The van der Waals surface area contributed by atoms with Crippen molar-refractivity contribution in [1.29, 1.82) is 0 Å². The van der Waals surface area contributed by atoms with Crippen LogP contribution in [0, 0.1) is 13.8 Å². The standard InChI is InChI=1S/C26H21BO/c1-16-11-13-21(17(2)15-16)27-22-9-5-3-8-20(22)25-23(27)14-12-19-18-7-4-6-10-24(18)28-26(19)25/h3-11,13,15H,12,14H2,1-2H3. The smallest absolute Gasteiger partial charge is 0.239 e. The number of furan rings is 1. The number of benzene rings is 3. The van der Waals surface area contributed by atoms with Crippen LogP contribution in [-0.4, -0.2) is 6.71 Å². The summed E-state index contributed by atoms with van der Waals surface area (Å²) < 4.78 is 6.44. The van der Waals surface area contributed by atoms with E-state index in [0.29, 0.717) is 6.71 Å². The van der Waals surface area contributed by atoms with Gasteiger partial charge in [-0.05, 0) is 38.3 Å². The van der Waals surface area contributed by atoms with Crippen molar-refractivity contribution in [1.82, 2.24) is 0 Å². The van der Waals surface area contributed by atoms with E-state index in [-0.39, 0.29) is 0 Å². The first kappa shape index (κ1) is 16.0. The summed E-state index contributed by atoms with van der Waals surface area (Å²) in [5.41, 5.74) is 12.2. The van der Waals surface area contributed by atoms with Gasteiger partial charge in [0.2, 0.25) is 6.71 Å². The molecule has 0 spiro atoms. The molecule has 28 heavy (non-hydrogen) atoms. The molecule has 0 saturated heterocycles. The third-order valence-electron chi connectivity index (χ3n) is 6.52. The SMILES string of the molecule is Cc1ccc(B2C3=C(c4ccccc42)c2oc4ccccc4c2CC3)c(C)c1. The topological polar surface area (TPSA) is 13.1 Å². The molecular formula is C26H21BO. The maximum atomic E-state index is 6.44. The highest BCUT2D eigenvalue weighted by molar-refractivity contribution is 6.94. The molecule has 1 nitrogen and oxygen atoms in total. The average molecular weight is 360 g/mol. The molecule has 4 aromatic rings. The zero-order valence-corrected chi connectivity index (χ0v) is 16.3. The monoisotopic (exact) mass is 360 g/mol. The second kappa shape index (κ2) is 5.75. The number of rotatable bonds is 1. The second-order valence-corrected chi connectivity index (χ2v) is 8.19. The molecule has 2 heterocycles. The molecule has 2 aliphatic rings. The molecule has 6 rings (SSSR count). The van der Waals surface area contributed by atoms with Crippen molar-refractivity contribution >= 4 is 34.2 Å². The average Bonchev–Trinajstić information content (AvgIpc) is 3.24. The van der Waals surface area contributed by atoms with E-state index >= 15 is 0 Å². The van der Waals surface area contributed by atoms with Gasteiger partial charge < -0.3 is 4.42 Å². The quantitative estimate of drug-likeness (QED) is 0.438. The van der Waals surface area contributed by atoms with Crippen molar-refractivity contribution in [3.63, 3.8) is 0 Å². The second-order valence-electron chi connectivity index (χ2n) is 8.19. The fraction of sp³-hybridized carbons (Fsp3) is 0.154. The Morgan fingerprint density at radius 3 is 2.54 bits per heavy atom. The Morgan fingerprint density at radius 2 is 1.64 bits per heavy atom. The van der Waals surface area contributed by atoms with Crippen LogP contribution in [0.1, 0.15) is 34.4 Å². The van der Waals surface area contributed by atoms with Crippen LogP contribution in [0.2, 0.25) is 0 Å². The third-order valence-corrected chi connectivity index (χ3v) is 6.52. The molecule has 2 heteroatoms. The molecule has 0 atom stereocenters. The van der Waals surface area contributed by atoms with Gasteiger partial charge in [0.1, 0.15) is 11.3 Å². The van der Waals surface area contributed by atoms with E-state index < -0.39 is 0 Å². The largest absolute Gasteiger partial charge is 0.456 e. The minimum Gasteiger partial charge on any atom is -0.456 e. The van der Waals surface area contributed by atoms with E-state index in [4.69, 9.17) is 4.42 Å². The number of allylic oxidation sites excluding steroid dienone is 1. The summed E-state index contributed by atoms with van der Waals surface area (Å²) in [6.07, 6.45) is 2.15. The first-order chi connectivity index (χ1) is 13.7. The highest BCUT2D eigenvalue weighted by Gasteiger charge is 2.40. The van der Waals surface area contributed by atoms with Gasteiger partial charge in [-0.1, -0.05) is 88.2 Å². The summed E-state index contributed by atoms with van der Waals surface area (Å²) in [7, 11) is 0. The highest BCUT2D eigenvalue weighted by Crippen LogP contribution is 2.44. The zero-order chi connectivity index (χ0) is 18.8. The first-order valence-corrected chi connectivity index (χ1v) is 10.1. The van der Waals surface area contributed by atoms with Crippen molar-refractivity contribution in [3.8, 4) is 0 Å². The highest BCUT2D eigenvalue weighted by atomic mass is 16.3. The summed E-state index contributed by atoms with van der Waals surface area (Å²) in [5.74, 6) is 1.10. The van der Waals surface area contributed by atoms with Crippen LogP contribution in [0.3, 0.4) is 0 Å². The van der Waals surface area contributed by atoms with E-state index in [1.807, 2.05) is 0 Å². The van der Waals surface area contributed by atoms with Crippen molar-refractivity contribution in [2.24, 2.45) is 0 Å². The van der Waals surface area contributed by atoms with Crippen LogP contribution in [0.25, 0.3) is 16.5 Å². The molecular weight excluding hydrogens is 339 g/mol. The Bertz CT molecular complexity index is 1290. The predicted molar refractivity (Wildman–Crippen MR) is 118 cm³/mol. The molecule has 3 aromatic carbocycles. The number of hydrogen-bond acceptors (Lipinski definition) is 1. The summed E-state index contributed by atoms with van der Waals surface area (Å²) in [6, 6.07) is 24.3. The van der Waals surface area contributed by atoms with Gasteiger partial charge in [-0.15, -0.1) is 0 Å². The van der Waals surface area contributed by atoms with E-state index in [9.17, 15) is 0 Å². The van der Waals surface area contributed by atoms with Gasteiger partial charge in [0, 0.05) is 16.5 Å². The Kier molecular flexibility index (Phi) is 3.29. The van der Waals surface area contributed by atoms with Gasteiger partial charge in [0.25, 0.3) is 0 Å². The fourth-order valence-electron chi connectivity index (χ4n) is 5.33. The van der Waals surface area contributed by atoms with Crippen LogP contribution < -0.4 is 10.9 Å². The lowest BCUT2D eigenvalue weighted by atomic mass is 9.36. The van der Waals surface area contributed by atoms with Crippen molar-refractivity contribution in [3.05, 3.63) is 100 Å². The van der Waals surface area contributed by atoms with Gasteiger partial charge >= 0.3 is 0 Å². The van der Waals surface area contributed by atoms with Crippen LogP contribution in [-0.2, 0) is 6.42 Å². The molecule has 0 bridgehead atoms. The number of para-hydroxylation sites is 1. The molecule has 0 saturated carbocycles. The van der Waals surface area contributed by atoms with Crippen molar-refractivity contribution in [2.75, 3.05) is 0 Å². The zero-order valence-electron chi connectivity index (χ0n) is 16.3. The van der Waals surface area contributed by atoms with E-state index in [1.54, 1.807) is 0 Å². The lowest BCUT2D eigenvalue weighted by molar-refractivity contribution is 0.590. The van der Waals surface area contributed by atoms with Crippen LogP contribution in [0.4, 0.5) is 0 Å². The summed E-state index contributed by atoms with van der Waals surface area (Å²) >= 11 is 0. The molecule has 0 unspecified atom stereocenters. The predicted octanol–water partition coefficient (Wildman–Crippen LogP) is 4.96. The Morgan fingerprint density at radius 1 is 0.821 bits per heavy atom. The van der Waals surface area contributed by atoms with Crippen LogP contribution in [0.15, 0.2) is 76.6 Å². The number of aryl methyl sites for hydroxylation is 3. The Hall–Kier alpha value is -3.00. The Balaban J connectivity index is 1.65. The van der Waals surface area contributed by atoms with E-state index in [0.717, 1.165) is 24.2 Å². The van der Waals surface area contributed by atoms with Crippen LogP contribution >= 0.6 is 0 Å². The molecule has 134 valence electrons. The summed E-state index contributed by atoms with van der Waals surface area (Å²) in [6.45, 7) is 4.76. The Labute approximate surface area is 165 Å². The van der Waals surface area contributed by atoms with E-state index in [2.05, 4.69) is 80.6 Å². The molecule has 1 aromatic heterocycles. The lowest BCUT2D eigenvalue weighted by Gasteiger charge is -2.20. The minimum atomic E-state index is 0.341. The number of hydrogen-bond donors (Lipinski definition) is 0. The van der Waals surface area contributed by atoms with Gasteiger partial charge in [-0.3, -0.25) is 0 Å². The molecule has 0 fully saturated rings. The maximum absolute atomic E-state index is 6.44. The van der Waals surface area contributed by atoms with Crippen LogP contribution in [0.5, 0.6) is 0 Å². The maximum Gasteiger partial charge on any atom is 0.239 e. The molecule has 1 aliphatic heterocycles. The molecule has 0 radical (unpaired) electrons. The lowest BCUT2D eigenvalue weighted by Crippen LogP contribution is -2.44. The van der Waals surface area contributed by atoms with Gasteiger partial charge in [0.15, 0.2) is 0 Å². The first-order valence-electron chi connectivity index (χ1n) is 10.1. The normalized spacial score (nSPS) is 15.0. The summed E-state index contributed by atoms with van der Waals surface area (Å²) in [5, 5.41) is 1.27. The van der Waals surface area contributed by atoms with Crippen molar-refractivity contribution in [2.45, 2.75) is 26.7 Å². The van der Waals surface area contributed by atoms with Gasteiger partial charge in [-0.25, -0.2) is 0 Å². The van der Waals surface area contributed by atoms with E-state index in [1.165, 1.54) is 49.6 Å². The summed E-state index contributed by atoms with van der Waals surface area (Å²) in [4.78, 5) is 0. The molecule has 1 aliphatic carbocycles. The van der Waals surface area contributed by atoms with Gasteiger partial charge in [0.05, 0.1) is 0 Å². The number of fused-ring (bicyclic) bond motifs is 6. The molecule has 0 amide bonds. The van der Waals surface area contributed by atoms with Gasteiger partial charge in [-0.2, -0.15) is 0 Å². The molecule has 0 N–H and O–H groups in total. The third kappa shape index (κ3) is 2.09. The minimum absolute atomic E-state index is 0.341.